The predicted molar refractivity (Wildman–Crippen MR) is 71.9 cm³/mol. The van der Waals surface area contributed by atoms with E-state index >= 15 is 0 Å². The van der Waals surface area contributed by atoms with E-state index < -0.39 is 0 Å². The van der Waals surface area contributed by atoms with Gasteiger partial charge in [-0.2, -0.15) is 0 Å². The minimum absolute atomic E-state index is 0.170. The molecule has 1 aliphatic carbocycles. The molecule has 0 radical (unpaired) electrons. The number of aromatic amines is 1. The second-order valence-electron chi connectivity index (χ2n) is 4.73. The maximum absolute atomic E-state index is 11.9. The molecule has 0 saturated heterocycles. The highest BCUT2D eigenvalue weighted by molar-refractivity contribution is 7.71. The van der Waals surface area contributed by atoms with E-state index in [4.69, 9.17) is 12.2 Å². The van der Waals surface area contributed by atoms with Crippen LogP contribution >= 0.6 is 12.2 Å². The van der Waals surface area contributed by atoms with Gasteiger partial charge in [-0.05, 0) is 25.0 Å². The first-order valence-corrected chi connectivity index (χ1v) is 6.73. The fourth-order valence-electron chi connectivity index (χ4n) is 2.35. The van der Waals surface area contributed by atoms with E-state index in [-0.39, 0.29) is 17.9 Å². The lowest BCUT2D eigenvalue weighted by Crippen LogP contribution is -2.36. The number of hydrogen-bond acceptors (Lipinski definition) is 3. The highest BCUT2D eigenvalue weighted by atomic mass is 32.1. The lowest BCUT2D eigenvalue weighted by Gasteiger charge is -2.27. The Morgan fingerprint density at radius 1 is 1.50 bits per heavy atom. The summed E-state index contributed by atoms with van der Waals surface area (Å²) in [6.07, 6.45) is 5.43. The number of nitrogens with one attached hydrogen (secondary N) is 2. The van der Waals surface area contributed by atoms with Crippen LogP contribution < -0.4 is 5.32 Å². The van der Waals surface area contributed by atoms with Crippen LogP contribution in [-0.2, 0) is 0 Å². The van der Waals surface area contributed by atoms with Crippen LogP contribution in [0.25, 0.3) is 0 Å². The van der Waals surface area contributed by atoms with Gasteiger partial charge in [-0.15, -0.1) is 0 Å². The van der Waals surface area contributed by atoms with E-state index in [1.54, 1.807) is 18.3 Å². The molecule has 1 fully saturated rings. The molecule has 0 spiro atoms. The number of aromatic nitrogens is 1. The number of aliphatic hydroxyl groups excluding tert-OH is 1. The van der Waals surface area contributed by atoms with Crippen molar-refractivity contribution in [3.63, 3.8) is 0 Å². The molecule has 5 heteroatoms. The van der Waals surface area contributed by atoms with Crippen molar-refractivity contribution in [1.29, 1.82) is 0 Å². The summed E-state index contributed by atoms with van der Waals surface area (Å²) in [7, 11) is 0. The minimum atomic E-state index is -0.288. The van der Waals surface area contributed by atoms with Crippen LogP contribution in [0.1, 0.15) is 36.0 Å². The number of hydrogen-bond donors (Lipinski definition) is 3. The lowest BCUT2D eigenvalue weighted by atomic mass is 9.86. The van der Waals surface area contributed by atoms with Crippen molar-refractivity contribution in [2.75, 3.05) is 6.54 Å². The first-order chi connectivity index (χ1) is 8.68. The zero-order valence-corrected chi connectivity index (χ0v) is 11.0. The summed E-state index contributed by atoms with van der Waals surface area (Å²) in [5.41, 5.74) is 0.484. The monoisotopic (exact) mass is 266 g/mol. The topological polar surface area (TPSA) is 65.1 Å². The van der Waals surface area contributed by atoms with Gasteiger partial charge in [0.05, 0.1) is 11.7 Å². The first kappa shape index (κ1) is 13.2. The SMILES string of the molecule is O=C(NC[C@H]1CCCC[C@H]1O)c1ccc[nH]c1=S. The largest absolute Gasteiger partial charge is 0.393 e. The fourth-order valence-corrected chi connectivity index (χ4v) is 2.57. The molecule has 1 amide bonds. The Morgan fingerprint density at radius 3 is 3.00 bits per heavy atom. The van der Waals surface area contributed by atoms with E-state index in [1.807, 2.05) is 0 Å². The number of H-pyrrole nitrogens is 1. The molecule has 0 aromatic carbocycles. The molecule has 0 unspecified atom stereocenters. The first-order valence-electron chi connectivity index (χ1n) is 6.32. The van der Waals surface area contributed by atoms with E-state index in [9.17, 15) is 9.90 Å². The normalized spacial score (nSPS) is 23.6. The van der Waals surface area contributed by atoms with Gasteiger partial charge in [0.2, 0.25) is 0 Å². The number of carbonyl (C=O) groups is 1. The predicted octanol–water partition coefficient (Wildman–Crippen LogP) is 2.03. The summed E-state index contributed by atoms with van der Waals surface area (Å²) in [5.74, 6) is -0.00131. The van der Waals surface area contributed by atoms with E-state index in [1.165, 1.54) is 0 Å². The van der Waals surface area contributed by atoms with Crippen LogP contribution in [0.3, 0.4) is 0 Å². The molecular weight excluding hydrogens is 248 g/mol. The highest BCUT2D eigenvalue weighted by Crippen LogP contribution is 2.23. The van der Waals surface area contributed by atoms with Gasteiger partial charge >= 0.3 is 0 Å². The van der Waals surface area contributed by atoms with Crippen molar-refractivity contribution < 1.29 is 9.90 Å². The van der Waals surface area contributed by atoms with E-state index in [0.717, 1.165) is 25.7 Å². The number of rotatable bonds is 3. The molecule has 0 bridgehead atoms. The Morgan fingerprint density at radius 2 is 2.28 bits per heavy atom. The zero-order chi connectivity index (χ0) is 13.0. The standard InChI is InChI=1S/C13H18N2O2S/c16-11-6-2-1-4-9(11)8-15-12(17)10-5-3-7-14-13(10)18/h3,5,7,9,11,16H,1-2,4,6,8H2,(H,14,18)(H,15,17)/t9-,11-/m1/s1. The Balaban J connectivity index is 1.92. The average Bonchev–Trinajstić information content (AvgIpc) is 2.38. The van der Waals surface area contributed by atoms with Crippen LogP contribution in [-0.4, -0.2) is 28.6 Å². The Bertz CT molecular complexity index is 472. The minimum Gasteiger partial charge on any atom is -0.393 e. The third kappa shape index (κ3) is 3.17. The van der Waals surface area contributed by atoms with Gasteiger partial charge in [0.25, 0.3) is 5.91 Å². The van der Waals surface area contributed by atoms with Gasteiger partial charge in [-0.3, -0.25) is 4.79 Å². The van der Waals surface area contributed by atoms with Crippen LogP contribution in [0, 0.1) is 10.6 Å². The number of aliphatic hydroxyl groups is 1. The Kier molecular flexibility index (Phi) is 4.49. The number of carbonyl (C=O) groups excluding carboxylic acids is 1. The molecule has 1 aromatic heterocycles. The molecule has 18 heavy (non-hydrogen) atoms. The fraction of sp³-hybridized carbons (Fsp3) is 0.538. The number of pyridine rings is 1. The van der Waals surface area contributed by atoms with Crippen molar-refractivity contribution >= 4 is 18.1 Å². The van der Waals surface area contributed by atoms with Crippen LogP contribution in [0.2, 0.25) is 0 Å². The zero-order valence-electron chi connectivity index (χ0n) is 10.2. The van der Waals surface area contributed by atoms with Crippen molar-refractivity contribution in [3.05, 3.63) is 28.5 Å². The van der Waals surface area contributed by atoms with Crippen molar-refractivity contribution in [2.45, 2.75) is 31.8 Å². The van der Waals surface area contributed by atoms with Gasteiger partial charge < -0.3 is 15.4 Å². The summed E-state index contributed by atoms with van der Waals surface area (Å²) in [6, 6.07) is 3.45. The van der Waals surface area contributed by atoms with Gasteiger partial charge in [0.15, 0.2) is 0 Å². The summed E-state index contributed by atoms with van der Waals surface area (Å²) in [5, 5.41) is 12.7. The van der Waals surface area contributed by atoms with E-state index in [2.05, 4.69) is 10.3 Å². The summed E-state index contributed by atoms with van der Waals surface area (Å²) >= 11 is 5.06. The molecule has 98 valence electrons. The van der Waals surface area contributed by atoms with Crippen molar-refractivity contribution in [2.24, 2.45) is 5.92 Å². The van der Waals surface area contributed by atoms with Crippen LogP contribution in [0.4, 0.5) is 0 Å². The third-order valence-corrected chi connectivity index (χ3v) is 3.79. The van der Waals surface area contributed by atoms with Gasteiger partial charge in [0, 0.05) is 18.7 Å². The maximum Gasteiger partial charge on any atom is 0.254 e. The Labute approximate surface area is 111 Å². The molecule has 1 heterocycles. The third-order valence-electron chi connectivity index (χ3n) is 3.46. The molecule has 1 aromatic rings. The average molecular weight is 266 g/mol. The molecule has 1 aliphatic rings. The smallest absolute Gasteiger partial charge is 0.254 e. The quantitative estimate of drug-likeness (QED) is 0.733. The molecule has 2 atom stereocenters. The van der Waals surface area contributed by atoms with E-state index in [0.29, 0.717) is 16.7 Å². The van der Waals surface area contributed by atoms with Gasteiger partial charge in [-0.1, -0.05) is 25.1 Å². The summed E-state index contributed by atoms with van der Waals surface area (Å²) in [6.45, 7) is 0.518. The lowest BCUT2D eigenvalue weighted by molar-refractivity contribution is 0.0662. The Hall–Kier alpha value is -1.20. The molecule has 1 saturated carbocycles. The summed E-state index contributed by atoms with van der Waals surface area (Å²) in [4.78, 5) is 14.8. The maximum atomic E-state index is 11.9. The molecule has 4 nitrogen and oxygen atoms in total. The second kappa shape index (κ2) is 6.11. The number of amides is 1. The molecule has 2 rings (SSSR count). The van der Waals surface area contributed by atoms with Crippen molar-refractivity contribution in [1.82, 2.24) is 10.3 Å². The van der Waals surface area contributed by atoms with Gasteiger partial charge in [-0.25, -0.2) is 0 Å². The highest BCUT2D eigenvalue weighted by Gasteiger charge is 2.23. The molecule has 0 aliphatic heterocycles. The summed E-state index contributed by atoms with van der Waals surface area (Å²) < 4.78 is 0.444. The molecular formula is C13H18N2O2S. The second-order valence-corrected chi connectivity index (χ2v) is 5.14. The van der Waals surface area contributed by atoms with Crippen molar-refractivity contribution in [3.8, 4) is 0 Å². The molecule has 3 N–H and O–H groups in total. The van der Waals surface area contributed by atoms with Crippen LogP contribution in [0.5, 0.6) is 0 Å². The van der Waals surface area contributed by atoms with Gasteiger partial charge in [0.1, 0.15) is 4.64 Å². The van der Waals surface area contributed by atoms with Crippen LogP contribution in [0.15, 0.2) is 18.3 Å².